The highest BCUT2D eigenvalue weighted by Gasteiger charge is 2.24. The predicted molar refractivity (Wildman–Crippen MR) is 77.0 cm³/mol. The fraction of sp³-hybridized carbons (Fsp3) is 0.438. The lowest BCUT2D eigenvalue weighted by molar-refractivity contribution is -0.127. The van der Waals surface area contributed by atoms with Crippen molar-refractivity contribution in [1.29, 1.82) is 0 Å². The Bertz CT molecular complexity index is 643. The number of aryl methyl sites for hydroxylation is 1. The van der Waals surface area contributed by atoms with Crippen LogP contribution in [0.15, 0.2) is 18.2 Å². The molecule has 0 bridgehead atoms. The first kappa shape index (κ1) is 13.2. The summed E-state index contributed by atoms with van der Waals surface area (Å²) in [7, 11) is 0. The fourth-order valence-corrected chi connectivity index (χ4v) is 2.80. The van der Waals surface area contributed by atoms with Crippen molar-refractivity contribution in [2.75, 3.05) is 6.54 Å². The number of H-pyrrole nitrogens is 1. The zero-order chi connectivity index (χ0) is 14.1. The maximum Gasteiger partial charge on any atom is 0.223 e. The Labute approximate surface area is 117 Å². The topological polar surface area (TPSA) is 44.9 Å². The molecule has 1 aromatic heterocycles. The van der Waals surface area contributed by atoms with E-state index in [0.29, 0.717) is 6.54 Å². The average Bonchev–Trinajstić information content (AvgIpc) is 2.63. The molecule has 0 aliphatic heterocycles. The first-order chi connectivity index (χ1) is 9.65. The van der Waals surface area contributed by atoms with Crippen LogP contribution in [0.5, 0.6) is 0 Å². The van der Waals surface area contributed by atoms with Gasteiger partial charge in [-0.25, -0.2) is 4.39 Å². The summed E-state index contributed by atoms with van der Waals surface area (Å²) in [5.74, 6) is 0.160. The standard InChI is InChI=1S/C16H19FN2O/c1-10-13(7-8-18-16(20)11-3-2-4-11)14-9-12(17)5-6-15(14)19-10/h5-6,9,11,19H,2-4,7-8H2,1H3,(H,18,20). The van der Waals surface area contributed by atoms with Gasteiger partial charge in [-0.2, -0.15) is 0 Å². The van der Waals surface area contributed by atoms with Crippen LogP contribution in [0, 0.1) is 18.7 Å². The normalized spacial score (nSPS) is 15.3. The zero-order valence-electron chi connectivity index (χ0n) is 11.6. The van der Waals surface area contributed by atoms with Gasteiger partial charge in [0.25, 0.3) is 0 Å². The summed E-state index contributed by atoms with van der Waals surface area (Å²) < 4.78 is 13.4. The highest BCUT2D eigenvalue weighted by atomic mass is 19.1. The van der Waals surface area contributed by atoms with E-state index >= 15 is 0 Å². The van der Waals surface area contributed by atoms with Crippen molar-refractivity contribution in [3.05, 3.63) is 35.3 Å². The highest BCUT2D eigenvalue weighted by molar-refractivity contribution is 5.85. The number of carbonyl (C=O) groups is 1. The highest BCUT2D eigenvalue weighted by Crippen LogP contribution is 2.26. The number of rotatable bonds is 4. The van der Waals surface area contributed by atoms with E-state index in [4.69, 9.17) is 0 Å². The summed E-state index contributed by atoms with van der Waals surface area (Å²) >= 11 is 0. The molecular formula is C16H19FN2O. The van der Waals surface area contributed by atoms with E-state index in [1.807, 2.05) is 6.92 Å². The number of benzene rings is 1. The minimum absolute atomic E-state index is 0.167. The van der Waals surface area contributed by atoms with Crippen molar-refractivity contribution in [3.63, 3.8) is 0 Å². The maximum atomic E-state index is 13.4. The molecule has 106 valence electrons. The molecule has 2 N–H and O–H groups in total. The molecule has 1 aliphatic rings. The molecule has 2 aromatic rings. The molecule has 1 fully saturated rings. The third kappa shape index (κ3) is 2.42. The molecule has 4 heteroatoms. The van der Waals surface area contributed by atoms with E-state index in [1.54, 1.807) is 12.1 Å². The number of aromatic amines is 1. The second-order valence-corrected chi connectivity index (χ2v) is 5.59. The van der Waals surface area contributed by atoms with Crippen LogP contribution < -0.4 is 5.32 Å². The maximum absolute atomic E-state index is 13.4. The van der Waals surface area contributed by atoms with Gasteiger partial charge < -0.3 is 10.3 Å². The molecule has 1 saturated carbocycles. The number of fused-ring (bicyclic) bond motifs is 1. The van der Waals surface area contributed by atoms with Crippen LogP contribution in [0.1, 0.15) is 30.5 Å². The van der Waals surface area contributed by atoms with E-state index < -0.39 is 0 Å². The third-order valence-electron chi connectivity index (χ3n) is 4.23. The molecular weight excluding hydrogens is 255 g/mol. The second-order valence-electron chi connectivity index (χ2n) is 5.59. The van der Waals surface area contributed by atoms with Gasteiger partial charge in [0.1, 0.15) is 5.82 Å². The Morgan fingerprint density at radius 2 is 2.25 bits per heavy atom. The summed E-state index contributed by atoms with van der Waals surface area (Å²) in [5, 5.41) is 3.90. The van der Waals surface area contributed by atoms with Gasteiger partial charge in [0.05, 0.1) is 0 Å². The molecule has 0 unspecified atom stereocenters. The Morgan fingerprint density at radius 3 is 2.95 bits per heavy atom. The van der Waals surface area contributed by atoms with E-state index in [1.165, 1.54) is 12.5 Å². The minimum atomic E-state index is -0.226. The number of carbonyl (C=O) groups excluding carboxylic acids is 1. The molecule has 1 aliphatic carbocycles. The largest absolute Gasteiger partial charge is 0.358 e. The van der Waals surface area contributed by atoms with Gasteiger partial charge in [-0.1, -0.05) is 6.42 Å². The summed E-state index contributed by atoms with van der Waals surface area (Å²) in [5.41, 5.74) is 3.08. The van der Waals surface area contributed by atoms with E-state index in [-0.39, 0.29) is 17.6 Å². The van der Waals surface area contributed by atoms with Gasteiger partial charge in [-0.15, -0.1) is 0 Å². The van der Waals surface area contributed by atoms with Crippen LogP contribution in [-0.2, 0) is 11.2 Å². The molecule has 0 spiro atoms. The Balaban J connectivity index is 1.69. The number of amides is 1. The van der Waals surface area contributed by atoms with Crippen LogP contribution in [0.25, 0.3) is 10.9 Å². The van der Waals surface area contributed by atoms with E-state index in [2.05, 4.69) is 10.3 Å². The molecule has 1 amide bonds. The van der Waals surface area contributed by atoms with Crippen molar-refractivity contribution in [1.82, 2.24) is 10.3 Å². The third-order valence-corrected chi connectivity index (χ3v) is 4.23. The van der Waals surface area contributed by atoms with Gasteiger partial charge in [-0.3, -0.25) is 4.79 Å². The SMILES string of the molecule is Cc1[nH]c2ccc(F)cc2c1CCNC(=O)C1CCC1. The van der Waals surface area contributed by atoms with Gasteiger partial charge >= 0.3 is 0 Å². The predicted octanol–water partition coefficient (Wildman–Crippen LogP) is 3.07. The van der Waals surface area contributed by atoms with E-state index in [0.717, 1.165) is 41.4 Å². The lowest BCUT2D eigenvalue weighted by atomic mass is 9.85. The number of hydrogen-bond acceptors (Lipinski definition) is 1. The monoisotopic (exact) mass is 274 g/mol. The molecule has 1 heterocycles. The summed E-state index contributed by atoms with van der Waals surface area (Å²) in [4.78, 5) is 15.0. The molecule has 20 heavy (non-hydrogen) atoms. The number of aromatic nitrogens is 1. The quantitative estimate of drug-likeness (QED) is 0.884. The molecule has 3 rings (SSSR count). The van der Waals surface area contributed by atoms with E-state index in [9.17, 15) is 9.18 Å². The lowest BCUT2D eigenvalue weighted by Gasteiger charge is -2.24. The Morgan fingerprint density at radius 1 is 1.45 bits per heavy atom. The summed E-state index contributed by atoms with van der Waals surface area (Å²) in [6.07, 6.45) is 3.93. The molecule has 0 radical (unpaired) electrons. The summed E-state index contributed by atoms with van der Waals surface area (Å²) in [6, 6.07) is 4.77. The van der Waals surface area contributed by atoms with Crippen molar-refractivity contribution >= 4 is 16.8 Å². The van der Waals surface area contributed by atoms with Crippen molar-refractivity contribution in [2.45, 2.75) is 32.6 Å². The Kier molecular flexibility index (Phi) is 3.47. The van der Waals surface area contributed by atoms with Crippen LogP contribution in [0.4, 0.5) is 4.39 Å². The molecule has 0 atom stereocenters. The van der Waals surface area contributed by atoms with Crippen LogP contribution in [0.3, 0.4) is 0 Å². The first-order valence-corrected chi connectivity index (χ1v) is 7.19. The number of nitrogens with one attached hydrogen (secondary N) is 2. The average molecular weight is 274 g/mol. The second kappa shape index (κ2) is 5.27. The van der Waals surface area contributed by atoms with Crippen molar-refractivity contribution in [3.8, 4) is 0 Å². The Hall–Kier alpha value is -1.84. The number of hydrogen-bond donors (Lipinski definition) is 2. The minimum Gasteiger partial charge on any atom is -0.358 e. The fourth-order valence-electron chi connectivity index (χ4n) is 2.80. The first-order valence-electron chi connectivity index (χ1n) is 7.19. The van der Waals surface area contributed by atoms with Crippen LogP contribution >= 0.6 is 0 Å². The van der Waals surface area contributed by atoms with Gasteiger partial charge in [0.15, 0.2) is 0 Å². The van der Waals surface area contributed by atoms with Crippen molar-refractivity contribution in [2.24, 2.45) is 5.92 Å². The smallest absolute Gasteiger partial charge is 0.223 e. The number of halogens is 1. The molecule has 0 saturated heterocycles. The van der Waals surface area contributed by atoms with Gasteiger partial charge in [-0.05, 0) is 49.9 Å². The zero-order valence-corrected chi connectivity index (χ0v) is 11.6. The van der Waals surface area contributed by atoms with Gasteiger partial charge in [0, 0.05) is 29.1 Å². The van der Waals surface area contributed by atoms with Crippen LogP contribution in [-0.4, -0.2) is 17.4 Å². The summed E-state index contributed by atoms with van der Waals surface area (Å²) in [6.45, 7) is 2.60. The van der Waals surface area contributed by atoms with Crippen LogP contribution in [0.2, 0.25) is 0 Å². The lowest BCUT2D eigenvalue weighted by Crippen LogP contribution is -2.35. The van der Waals surface area contributed by atoms with Crippen molar-refractivity contribution < 1.29 is 9.18 Å². The molecule has 1 aromatic carbocycles. The molecule has 3 nitrogen and oxygen atoms in total. The van der Waals surface area contributed by atoms with Gasteiger partial charge in [0.2, 0.25) is 5.91 Å².